The highest BCUT2D eigenvalue weighted by atomic mass is 16.6. The van der Waals surface area contributed by atoms with Crippen LogP contribution in [-0.2, 0) is 9.59 Å². The van der Waals surface area contributed by atoms with Crippen molar-refractivity contribution in [3.63, 3.8) is 0 Å². The molecule has 1 aliphatic rings. The molecule has 1 heterocycles. The van der Waals surface area contributed by atoms with Crippen LogP contribution in [0.5, 0.6) is 5.75 Å². The van der Waals surface area contributed by atoms with Crippen LogP contribution in [0.4, 0.5) is 11.4 Å². The highest BCUT2D eigenvalue weighted by Gasteiger charge is 2.46. The molecule has 0 spiro atoms. The van der Waals surface area contributed by atoms with Gasteiger partial charge in [0, 0.05) is 23.4 Å². The molecule has 8 heteroatoms. The maximum Gasteiger partial charge on any atom is 0.300 e. The summed E-state index contributed by atoms with van der Waals surface area (Å²) >= 11 is 0. The molecule has 32 heavy (non-hydrogen) atoms. The van der Waals surface area contributed by atoms with Gasteiger partial charge >= 0.3 is 0 Å². The average Bonchev–Trinajstić information content (AvgIpc) is 3.09. The molecule has 0 saturated carbocycles. The number of anilines is 1. The predicted molar refractivity (Wildman–Crippen MR) is 117 cm³/mol. The number of nitro benzene ring substituents is 1. The van der Waals surface area contributed by atoms with Gasteiger partial charge in [0.15, 0.2) is 0 Å². The Morgan fingerprint density at radius 1 is 0.969 bits per heavy atom. The Morgan fingerprint density at radius 2 is 1.59 bits per heavy atom. The van der Waals surface area contributed by atoms with Crippen LogP contribution in [0.25, 0.3) is 5.76 Å². The number of nitro groups is 1. The van der Waals surface area contributed by atoms with Gasteiger partial charge in [-0.2, -0.15) is 0 Å². The Hall–Kier alpha value is -4.46. The monoisotopic (exact) mass is 430 g/mol. The maximum absolute atomic E-state index is 13.0. The molecule has 1 N–H and O–H groups in total. The number of aliphatic hydroxyl groups excluding tert-OH is 1. The van der Waals surface area contributed by atoms with E-state index in [0.717, 1.165) is 0 Å². The number of hydrogen-bond donors (Lipinski definition) is 1. The van der Waals surface area contributed by atoms with Crippen LogP contribution in [0.1, 0.15) is 17.2 Å². The van der Waals surface area contributed by atoms with Crippen LogP contribution >= 0.6 is 0 Å². The van der Waals surface area contributed by atoms with Crippen LogP contribution in [0, 0.1) is 10.1 Å². The van der Waals surface area contributed by atoms with Gasteiger partial charge in [0.25, 0.3) is 17.4 Å². The second-order valence-corrected chi connectivity index (χ2v) is 7.08. The zero-order valence-electron chi connectivity index (χ0n) is 17.0. The van der Waals surface area contributed by atoms with Crippen molar-refractivity contribution in [2.45, 2.75) is 6.04 Å². The summed E-state index contributed by atoms with van der Waals surface area (Å²) in [4.78, 5) is 37.8. The summed E-state index contributed by atoms with van der Waals surface area (Å²) in [7, 11) is 1.52. The van der Waals surface area contributed by atoms with Crippen molar-refractivity contribution in [2.75, 3.05) is 12.0 Å². The quantitative estimate of drug-likeness (QED) is 0.213. The van der Waals surface area contributed by atoms with Crippen molar-refractivity contribution >= 4 is 28.8 Å². The van der Waals surface area contributed by atoms with Gasteiger partial charge in [-0.3, -0.25) is 24.6 Å². The average molecular weight is 430 g/mol. The largest absolute Gasteiger partial charge is 0.507 e. The van der Waals surface area contributed by atoms with Gasteiger partial charge in [0.2, 0.25) is 0 Å². The van der Waals surface area contributed by atoms with E-state index in [4.69, 9.17) is 4.74 Å². The fraction of sp³-hybridized carbons (Fsp3) is 0.0833. The summed E-state index contributed by atoms with van der Waals surface area (Å²) < 4.78 is 5.17. The Bertz CT molecular complexity index is 1220. The van der Waals surface area contributed by atoms with Crippen LogP contribution < -0.4 is 9.64 Å². The van der Waals surface area contributed by atoms with E-state index in [9.17, 15) is 24.8 Å². The minimum Gasteiger partial charge on any atom is -0.507 e. The molecule has 0 aromatic heterocycles. The minimum absolute atomic E-state index is 0.0918. The van der Waals surface area contributed by atoms with Crippen molar-refractivity contribution < 1.29 is 24.4 Å². The number of Topliss-reactive ketones (excluding diaryl/α,β-unsaturated/α-hetero) is 1. The van der Waals surface area contributed by atoms with E-state index in [-0.39, 0.29) is 16.8 Å². The molecule has 1 atom stereocenters. The van der Waals surface area contributed by atoms with Crippen LogP contribution in [-0.4, -0.2) is 28.8 Å². The Labute approximate surface area is 183 Å². The summed E-state index contributed by atoms with van der Waals surface area (Å²) in [5, 5.41) is 21.9. The van der Waals surface area contributed by atoms with Gasteiger partial charge < -0.3 is 9.84 Å². The molecular weight excluding hydrogens is 412 g/mol. The molecule has 4 rings (SSSR count). The van der Waals surface area contributed by atoms with Crippen LogP contribution in [0.15, 0.2) is 84.4 Å². The third-order valence-electron chi connectivity index (χ3n) is 5.26. The second-order valence-electron chi connectivity index (χ2n) is 7.08. The molecule has 0 aliphatic carbocycles. The number of non-ortho nitro benzene ring substituents is 1. The van der Waals surface area contributed by atoms with E-state index in [0.29, 0.717) is 17.0 Å². The lowest BCUT2D eigenvalue weighted by Crippen LogP contribution is -2.29. The number of aliphatic hydroxyl groups is 1. The van der Waals surface area contributed by atoms with Gasteiger partial charge in [-0.15, -0.1) is 0 Å². The third-order valence-corrected chi connectivity index (χ3v) is 5.26. The molecule has 3 aromatic rings. The number of hydrogen-bond acceptors (Lipinski definition) is 6. The SMILES string of the molecule is COc1ccc(N2C(=O)C(=O)C(=C(O)c3ccc([N+](=O)[O-])cc3)[C@H]2c2ccccc2)cc1. The molecule has 1 amide bonds. The molecule has 0 bridgehead atoms. The fourth-order valence-electron chi connectivity index (χ4n) is 3.69. The number of ketones is 1. The number of amides is 1. The van der Waals surface area contributed by atoms with Gasteiger partial charge in [-0.1, -0.05) is 30.3 Å². The molecule has 1 saturated heterocycles. The van der Waals surface area contributed by atoms with Crippen molar-refractivity contribution in [1.29, 1.82) is 0 Å². The van der Waals surface area contributed by atoms with E-state index < -0.39 is 28.4 Å². The molecule has 0 unspecified atom stereocenters. The summed E-state index contributed by atoms with van der Waals surface area (Å²) in [6.07, 6.45) is 0. The number of carbonyl (C=O) groups excluding carboxylic acids is 2. The summed E-state index contributed by atoms with van der Waals surface area (Å²) in [6.45, 7) is 0. The molecular formula is C24H18N2O6. The Kier molecular flexibility index (Phi) is 5.43. The number of benzene rings is 3. The van der Waals surface area contributed by atoms with E-state index in [2.05, 4.69) is 0 Å². The Morgan fingerprint density at radius 3 is 2.16 bits per heavy atom. The smallest absolute Gasteiger partial charge is 0.300 e. The number of rotatable bonds is 5. The maximum atomic E-state index is 13.0. The zero-order chi connectivity index (χ0) is 22.8. The van der Waals surface area contributed by atoms with Gasteiger partial charge in [0.05, 0.1) is 23.6 Å². The second kappa shape index (κ2) is 8.35. The van der Waals surface area contributed by atoms with Gasteiger partial charge in [0.1, 0.15) is 11.5 Å². The first-order valence-corrected chi connectivity index (χ1v) is 9.67. The van der Waals surface area contributed by atoms with E-state index >= 15 is 0 Å². The highest BCUT2D eigenvalue weighted by molar-refractivity contribution is 6.51. The normalized spacial score (nSPS) is 17.4. The number of methoxy groups -OCH3 is 1. The van der Waals surface area contributed by atoms with E-state index in [1.54, 1.807) is 54.6 Å². The van der Waals surface area contributed by atoms with Gasteiger partial charge in [-0.25, -0.2) is 0 Å². The summed E-state index contributed by atoms with van der Waals surface area (Å²) in [6, 6.07) is 19.8. The van der Waals surface area contributed by atoms with Crippen molar-refractivity contribution in [3.8, 4) is 5.75 Å². The summed E-state index contributed by atoms with van der Waals surface area (Å²) in [5.74, 6) is -1.44. The molecule has 0 radical (unpaired) electrons. The first-order valence-electron chi connectivity index (χ1n) is 9.67. The van der Waals surface area contributed by atoms with Crippen molar-refractivity contribution in [1.82, 2.24) is 0 Å². The van der Waals surface area contributed by atoms with Crippen LogP contribution in [0.3, 0.4) is 0 Å². The molecule has 1 aliphatic heterocycles. The Balaban J connectivity index is 1.88. The molecule has 160 valence electrons. The third kappa shape index (κ3) is 3.58. The highest BCUT2D eigenvalue weighted by Crippen LogP contribution is 2.42. The lowest BCUT2D eigenvalue weighted by molar-refractivity contribution is -0.384. The molecule has 8 nitrogen and oxygen atoms in total. The molecule has 1 fully saturated rings. The number of ether oxygens (including phenoxy) is 1. The van der Waals surface area contributed by atoms with Crippen molar-refractivity contribution in [3.05, 3.63) is 106 Å². The first kappa shape index (κ1) is 20.8. The molecule has 3 aromatic carbocycles. The number of carbonyl (C=O) groups is 2. The lowest BCUT2D eigenvalue weighted by atomic mass is 9.95. The minimum atomic E-state index is -0.875. The van der Waals surface area contributed by atoms with Crippen LogP contribution in [0.2, 0.25) is 0 Å². The number of nitrogens with zero attached hydrogens (tertiary/aromatic N) is 2. The van der Waals surface area contributed by atoms with Crippen molar-refractivity contribution in [2.24, 2.45) is 0 Å². The zero-order valence-corrected chi connectivity index (χ0v) is 17.0. The first-order chi connectivity index (χ1) is 15.4. The summed E-state index contributed by atoms with van der Waals surface area (Å²) in [5.41, 5.74) is 1.05. The predicted octanol–water partition coefficient (Wildman–Crippen LogP) is 4.23. The standard InChI is InChI=1S/C24H18N2O6/c1-32-19-13-11-17(12-14-19)25-21(15-5-3-2-4-6-15)20(23(28)24(25)29)22(27)16-7-9-18(10-8-16)26(30)31/h2-14,21,27H,1H3/t21-/m1/s1. The fourth-order valence-corrected chi connectivity index (χ4v) is 3.69. The van der Waals surface area contributed by atoms with Gasteiger partial charge in [-0.05, 0) is 42.0 Å². The topological polar surface area (TPSA) is 110 Å². The van der Waals surface area contributed by atoms with E-state index in [1.165, 1.54) is 36.3 Å². The lowest BCUT2D eigenvalue weighted by Gasteiger charge is -2.25. The van der Waals surface area contributed by atoms with E-state index in [1.807, 2.05) is 0 Å².